The van der Waals surface area contributed by atoms with E-state index in [1.54, 1.807) is 0 Å². The molecule has 0 aliphatic heterocycles. The Morgan fingerprint density at radius 2 is 0.661 bits per heavy atom. The molecule has 0 saturated heterocycles. The number of aliphatic hydroxyl groups excluding tert-OH is 2. The largest absolute Gasteiger partial charge is 2.00 e. The van der Waals surface area contributed by atoms with Crippen molar-refractivity contribution < 1.29 is 39.5 Å². The summed E-state index contributed by atoms with van der Waals surface area (Å²) in [6.45, 7) is 1.99. The summed E-state index contributed by atoms with van der Waals surface area (Å²) in [7, 11) is 0. The van der Waals surface area contributed by atoms with Crippen LogP contribution >= 0.6 is 0 Å². The fourth-order valence-electron chi connectivity index (χ4n) is 7.28. The molecule has 2 atom stereocenters. The van der Waals surface area contributed by atoms with Crippen molar-refractivity contribution in [2.45, 2.75) is 218 Å². The Morgan fingerprint density at radius 3 is 0.932 bits per heavy atom. The number of carboxylic acids is 2. The van der Waals surface area contributed by atoms with Gasteiger partial charge in [0.05, 0.1) is 25.4 Å². The molecule has 0 aromatic heterocycles. The van der Waals surface area contributed by atoms with Gasteiger partial charge in [-0.2, -0.15) is 0 Å². The summed E-state index contributed by atoms with van der Waals surface area (Å²) in [6, 6.07) is 20.8. The number of unbranched alkanes of at least 4 members (excludes halogenated alkanes) is 20. The quantitative estimate of drug-likeness (QED) is 0.0498. The maximum absolute atomic E-state index is 10.4. The number of aliphatic carboxylic acids is 2. The number of hydrogen-bond donors (Lipinski definition) is 2. The first-order chi connectivity index (χ1) is 28.4. The number of carboxylic acid groups (broad SMARTS) is 2. The summed E-state index contributed by atoms with van der Waals surface area (Å²) in [6.07, 6.45) is 32.2. The van der Waals surface area contributed by atoms with Gasteiger partial charge in [-0.15, -0.1) is 0 Å². The Labute approximate surface area is 400 Å². The molecule has 2 rings (SSSR count). The van der Waals surface area contributed by atoms with E-state index in [0.717, 1.165) is 89.9 Å². The van der Waals surface area contributed by atoms with E-state index in [-0.39, 0.29) is 61.7 Å². The Morgan fingerprint density at radius 1 is 0.407 bits per heavy atom. The van der Waals surface area contributed by atoms with Crippen molar-refractivity contribution >= 4 is 60.8 Å². The van der Waals surface area contributed by atoms with Crippen LogP contribution in [0.1, 0.15) is 204 Å². The van der Waals surface area contributed by atoms with Crippen LogP contribution < -0.4 is 10.2 Å². The number of rotatable bonds is 40. The zero-order chi connectivity index (χ0) is 42.0. The first-order valence-corrected chi connectivity index (χ1v) is 23.4. The second-order valence-corrected chi connectivity index (χ2v) is 16.2. The van der Waals surface area contributed by atoms with Gasteiger partial charge in [0, 0.05) is 25.2 Å². The van der Waals surface area contributed by atoms with Crippen LogP contribution in [-0.2, 0) is 32.3 Å². The van der Waals surface area contributed by atoms with Crippen LogP contribution in [0, 0.1) is 0 Å². The van der Waals surface area contributed by atoms with E-state index >= 15 is 0 Å². The van der Waals surface area contributed by atoms with Crippen molar-refractivity contribution in [3.63, 3.8) is 0 Å². The molecule has 0 bridgehead atoms. The van der Waals surface area contributed by atoms with Crippen LogP contribution in [-0.4, -0.2) is 96.5 Å². The molecule has 0 spiro atoms. The van der Waals surface area contributed by atoms with E-state index in [4.69, 9.17) is 19.7 Å². The fourth-order valence-corrected chi connectivity index (χ4v) is 7.28. The summed E-state index contributed by atoms with van der Waals surface area (Å²) >= 11 is 0. The van der Waals surface area contributed by atoms with Crippen LogP contribution in [0.25, 0.3) is 0 Å². The molecule has 0 aliphatic carbocycles. The van der Waals surface area contributed by atoms with Gasteiger partial charge in [0.1, 0.15) is 0 Å². The molecule has 0 radical (unpaired) electrons. The monoisotopic (exact) mass is 949 g/mol. The molecule has 8 nitrogen and oxygen atoms in total. The van der Waals surface area contributed by atoms with Gasteiger partial charge >= 0.3 is 48.9 Å². The van der Waals surface area contributed by atoms with Crippen LogP contribution in [0.2, 0.25) is 0 Å². The van der Waals surface area contributed by atoms with Gasteiger partial charge in [0.25, 0.3) is 0 Å². The number of ether oxygens (including phenoxy) is 2. The molecule has 2 unspecified atom stereocenters. The Hall–Kier alpha value is -1.21. The van der Waals surface area contributed by atoms with Crippen molar-refractivity contribution in [3.05, 3.63) is 71.8 Å². The van der Waals surface area contributed by atoms with Gasteiger partial charge in [0.2, 0.25) is 0 Å². The predicted octanol–water partition coefficient (Wildman–Crippen LogP) is 9.95. The van der Waals surface area contributed by atoms with Gasteiger partial charge in [-0.05, 0) is 75.3 Å². The normalized spacial score (nSPS) is 12.0. The zero-order valence-corrected chi connectivity index (χ0v) is 41.5. The topological polar surface area (TPSA) is 139 Å². The van der Waals surface area contributed by atoms with E-state index in [9.17, 15) is 19.8 Å². The van der Waals surface area contributed by atoms with Crippen LogP contribution in [0.3, 0.4) is 0 Å². The van der Waals surface area contributed by atoms with Crippen LogP contribution in [0.4, 0.5) is 0 Å². The maximum atomic E-state index is 10.4. The zero-order valence-electron chi connectivity index (χ0n) is 37.0. The summed E-state index contributed by atoms with van der Waals surface area (Å²) < 4.78 is 12.5. The Kier molecular flexibility index (Phi) is 43.9. The van der Waals surface area contributed by atoms with E-state index in [1.807, 2.05) is 12.1 Å². The van der Waals surface area contributed by atoms with Gasteiger partial charge in [0.15, 0.2) is 0 Å². The van der Waals surface area contributed by atoms with Crippen LogP contribution in [0.15, 0.2) is 60.7 Å². The van der Waals surface area contributed by atoms with Crippen molar-refractivity contribution in [1.82, 2.24) is 0 Å². The van der Waals surface area contributed by atoms with Crippen molar-refractivity contribution in [3.8, 4) is 0 Å². The third kappa shape index (κ3) is 40.6. The molecule has 0 saturated carbocycles. The average molecular weight is 949 g/mol. The average Bonchev–Trinajstić information content (AvgIpc) is 3.23. The molecule has 2 aromatic rings. The molecule has 0 fully saturated rings. The number of carbonyl (C=O) groups excluding carboxylic acids is 2. The van der Waals surface area contributed by atoms with Gasteiger partial charge in [-0.3, -0.25) is 0 Å². The standard InChI is InChI=1S/2C25H42O4.Ba/c2*26-21-15-8-4-3-6-13-19-24(29-22-23-16-10-9-11-17-23)18-12-5-1-2-7-14-20-25(27)28;/h2*9-11,16-17,24,26H,1-8,12-15,18-22H2,(H,27,28);/q;;+2/p-2. The molecule has 9 heteroatoms. The SMILES string of the molecule is O=C([O-])CCCCCCCCC(CCCCCCCCO)OCc1ccccc1.O=C([O-])CCCCCCCCC(CCCCCCCCO)OCc1ccccc1.[Ba+2]. The smallest absolute Gasteiger partial charge is 0.550 e. The van der Waals surface area contributed by atoms with E-state index < -0.39 is 11.9 Å². The van der Waals surface area contributed by atoms with E-state index in [1.165, 1.54) is 101 Å². The molecule has 2 N–H and O–H groups in total. The second-order valence-electron chi connectivity index (χ2n) is 16.2. The minimum absolute atomic E-state index is 0. The third-order valence-corrected chi connectivity index (χ3v) is 10.8. The Bertz CT molecular complexity index is 1080. The minimum atomic E-state index is -0.934. The summed E-state index contributed by atoms with van der Waals surface area (Å²) in [4.78, 5) is 20.8. The molecule has 59 heavy (non-hydrogen) atoms. The molecular weight excluding hydrogens is 866 g/mol. The van der Waals surface area contributed by atoms with E-state index in [0.29, 0.717) is 38.6 Å². The second kappa shape index (κ2) is 44.8. The first-order valence-electron chi connectivity index (χ1n) is 23.4. The molecule has 332 valence electrons. The van der Waals surface area contributed by atoms with Gasteiger partial charge < -0.3 is 39.5 Å². The van der Waals surface area contributed by atoms with Crippen molar-refractivity contribution in [1.29, 1.82) is 0 Å². The number of hydrogen-bond acceptors (Lipinski definition) is 8. The summed E-state index contributed by atoms with van der Waals surface area (Å²) in [5.41, 5.74) is 2.46. The number of aliphatic hydroxyl groups is 2. The first kappa shape index (κ1) is 57.8. The maximum Gasteiger partial charge on any atom is 2.00 e. The summed E-state index contributed by atoms with van der Waals surface area (Å²) in [5, 5.41) is 38.5. The molecule has 0 amide bonds. The molecule has 0 heterocycles. The van der Waals surface area contributed by atoms with Gasteiger partial charge in [-0.1, -0.05) is 189 Å². The third-order valence-electron chi connectivity index (χ3n) is 10.8. The van der Waals surface area contributed by atoms with Crippen molar-refractivity contribution in [2.24, 2.45) is 0 Å². The fraction of sp³-hybridized carbons (Fsp3) is 0.720. The number of carbonyl (C=O) groups is 2. The minimum Gasteiger partial charge on any atom is -0.550 e. The molecule has 2 aromatic carbocycles. The van der Waals surface area contributed by atoms with Gasteiger partial charge in [-0.25, -0.2) is 0 Å². The molecule has 0 aliphatic rings. The van der Waals surface area contributed by atoms with Crippen LogP contribution in [0.5, 0.6) is 0 Å². The van der Waals surface area contributed by atoms with Crippen molar-refractivity contribution in [2.75, 3.05) is 13.2 Å². The molecular formula is C50H82BaO8. The van der Waals surface area contributed by atoms with E-state index in [2.05, 4.69) is 48.5 Å². The summed E-state index contributed by atoms with van der Waals surface area (Å²) in [5.74, 6) is -1.87. The predicted molar refractivity (Wildman–Crippen MR) is 238 cm³/mol. The number of benzene rings is 2. The Balaban J connectivity index is 0.00000112.